The number of nitrogens with zero attached hydrogens (tertiary/aromatic N) is 3. The molecule has 1 aliphatic rings. The van der Waals surface area contributed by atoms with Crippen LogP contribution in [0.15, 0.2) is 29.8 Å². The van der Waals surface area contributed by atoms with Crippen LogP contribution in [-0.2, 0) is 20.9 Å². The zero-order chi connectivity index (χ0) is 24.1. The Morgan fingerprint density at radius 3 is 2.58 bits per heavy atom. The van der Waals surface area contributed by atoms with Gasteiger partial charge >= 0.3 is 0 Å². The van der Waals surface area contributed by atoms with Crippen molar-refractivity contribution >= 4 is 23.6 Å². The van der Waals surface area contributed by atoms with E-state index >= 15 is 0 Å². The van der Waals surface area contributed by atoms with E-state index in [1.165, 1.54) is 11.9 Å². The first-order chi connectivity index (χ1) is 15.7. The molecule has 1 aliphatic heterocycles. The Bertz CT molecular complexity index is 1100. The van der Waals surface area contributed by atoms with Gasteiger partial charge in [0, 0.05) is 37.3 Å². The molecule has 3 rings (SSSR count). The minimum absolute atomic E-state index is 0.00487. The summed E-state index contributed by atoms with van der Waals surface area (Å²) in [4.78, 5) is 26.7. The maximum absolute atomic E-state index is 12.9. The van der Waals surface area contributed by atoms with Crippen molar-refractivity contribution < 1.29 is 14.3 Å². The first kappa shape index (κ1) is 24.3. The summed E-state index contributed by atoms with van der Waals surface area (Å²) in [5.41, 5.74) is 5.51. The fourth-order valence-electron chi connectivity index (χ4n) is 4.23. The van der Waals surface area contributed by atoms with Gasteiger partial charge in [-0.25, -0.2) is 0 Å². The van der Waals surface area contributed by atoms with E-state index in [0.29, 0.717) is 0 Å². The van der Waals surface area contributed by atoms with Gasteiger partial charge in [0.1, 0.15) is 11.6 Å². The van der Waals surface area contributed by atoms with Crippen LogP contribution < -0.4 is 5.32 Å². The number of anilines is 1. The lowest BCUT2D eigenvalue weighted by molar-refractivity contribution is -0.129. The van der Waals surface area contributed by atoms with Crippen LogP contribution in [-0.4, -0.2) is 47.6 Å². The highest BCUT2D eigenvalue weighted by Crippen LogP contribution is 2.23. The maximum atomic E-state index is 12.9. The third-order valence-corrected chi connectivity index (χ3v) is 6.15. The molecular weight excluding hydrogens is 416 g/mol. The molecule has 0 bridgehead atoms. The van der Waals surface area contributed by atoms with E-state index in [4.69, 9.17) is 4.74 Å². The Morgan fingerprint density at radius 2 is 1.97 bits per heavy atom. The number of rotatable bonds is 7. The van der Waals surface area contributed by atoms with Crippen molar-refractivity contribution in [2.75, 3.05) is 25.5 Å². The molecule has 7 heteroatoms. The number of carbonyl (C=O) groups is 2. The van der Waals surface area contributed by atoms with Crippen LogP contribution in [0.1, 0.15) is 40.9 Å². The second-order valence-corrected chi connectivity index (χ2v) is 8.72. The molecule has 2 aromatic rings. The third kappa shape index (κ3) is 5.71. The molecule has 0 radical (unpaired) electrons. The van der Waals surface area contributed by atoms with Gasteiger partial charge in [-0.05, 0) is 69.4 Å². The Balaban J connectivity index is 1.71. The van der Waals surface area contributed by atoms with Gasteiger partial charge in [0.05, 0.1) is 12.6 Å². The van der Waals surface area contributed by atoms with Gasteiger partial charge in [0.25, 0.3) is 5.91 Å². The lowest BCUT2D eigenvalue weighted by Gasteiger charge is -2.18. The molecule has 0 aliphatic carbocycles. The molecule has 174 valence electrons. The van der Waals surface area contributed by atoms with Crippen molar-refractivity contribution in [3.05, 3.63) is 57.9 Å². The van der Waals surface area contributed by atoms with E-state index < -0.39 is 5.91 Å². The number of hydrogen-bond donors (Lipinski definition) is 1. The van der Waals surface area contributed by atoms with Gasteiger partial charge in [0.15, 0.2) is 0 Å². The number of nitrogens with one attached hydrogen (secondary N) is 1. The van der Waals surface area contributed by atoms with Crippen molar-refractivity contribution in [2.24, 2.45) is 0 Å². The molecule has 2 heterocycles. The molecule has 1 unspecified atom stereocenters. The van der Waals surface area contributed by atoms with Crippen LogP contribution in [0.5, 0.6) is 0 Å². The molecule has 1 fully saturated rings. The number of aromatic nitrogens is 1. The number of benzene rings is 1. The second-order valence-electron chi connectivity index (χ2n) is 8.72. The summed E-state index contributed by atoms with van der Waals surface area (Å²) in [5.74, 6) is -0.798. The fourth-order valence-corrected chi connectivity index (χ4v) is 4.23. The molecule has 0 spiro atoms. The van der Waals surface area contributed by atoms with Gasteiger partial charge in [-0.15, -0.1) is 0 Å². The summed E-state index contributed by atoms with van der Waals surface area (Å²) in [6.45, 7) is 9.25. The zero-order valence-corrected chi connectivity index (χ0v) is 20.1. The molecule has 7 nitrogen and oxygen atoms in total. The minimum Gasteiger partial charge on any atom is -0.376 e. The molecular formula is C26H32N4O3. The number of aryl methyl sites for hydroxylation is 3. The minimum atomic E-state index is -0.488. The first-order valence-electron chi connectivity index (χ1n) is 11.2. The average Bonchev–Trinajstić information content (AvgIpc) is 3.38. The molecule has 1 atom stereocenters. The molecule has 1 aromatic carbocycles. The van der Waals surface area contributed by atoms with E-state index in [9.17, 15) is 14.9 Å². The van der Waals surface area contributed by atoms with E-state index in [-0.39, 0.29) is 24.1 Å². The Morgan fingerprint density at radius 1 is 1.27 bits per heavy atom. The summed E-state index contributed by atoms with van der Waals surface area (Å²) < 4.78 is 7.92. The SMILES string of the molecule is Cc1cccc(C)c1NC(=O)CN(C)C(=O)/C(C#N)=C/c1cc(C)n(CC2CCCO2)c1C. The Kier molecular flexibility index (Phi) is 7.72. The number of nitriles is 1. The Labute approximate surface area is 195 Å². The van der Waals surface area contributed by atoms with Crippen LogP contribution in [0.4, 0.5) is 5.69 Å². The van der Waals surface area contributed by atoms with Crippen molar-refractivity contribution in [2.45, 2.75) is 53.2 Å². The van der Waals surface area contributed by atoms with Crippen molar-refractivity contribution in [1.82, 2.24) is 9.47 Å². The largest absolute Gasteiger partial charge is 0.376 e. The van der Waals surface area contributed by atoms with Crippen LogP contribution in [0, 0.1) is 39.0 Å². The number of likely N-dealkylation sites (N-methyl/N-ethyl adjacent to an activating group) is 1. The number of carbonyl (C=O) groups excluding carboxylic acids is 2. The van der Waals surface area contributed by atoms with E-state index in [1.807, 2.05) is 58.0 Å². The second kappa shape index (κ2) is 10.5. The average molecular weight is 449 g/mol. The smallest absolute Gasteiger partial charge is 0.264 e. The highest BCUT2D eigenvalue weighted by molar-refractivity contribution is 6.04. The number of ether oxygens (including phenoxy) is 1. The van der Waals surface area contributed by atoms with Crippen LogP contribution in [0.25, 0.3) is 6.08 Å². The molecule has 1 saturated heterocycles. The predicted molar refractivity (Wildman–Crippen MR) is 129 cm³/mol. The van der Waals surface area contributed by atoms with Gasteiger partial charge in [-0.1, -0.05) is 18.2 Å². The number of amides is 2. The zero-order valence-electron chi connectivity index (χ0n) is 20.1. The number of hydrogen-bond acceptors (Lipinski definition) is 4. The van der Waals surface area contributed by atoms with Gasteiger partial charge in [0.2, 0.25) is 5.91 Å². The standard InChI is InChI=1S/C26H32N4O3/c1-17-8-6-9-18(2)25(17)28-24(31)16-29(5)26(32)22(14-27)13-21-12-19(3)30(20(21)4)15-23-10-7-11-33-23/h6,8-9,12-13,23H,7,10-11,15-16H2,1-5H3,(H,28,31)/b22-13+. The molecule has 1 aromatic heterocycles. The van der Waals surface area contributed by atoms with E-state index in [0.717, 1.165) is 59.8 Å². The Hall–Kier alpha value is -3.37. The monoisotopic (exact) mass is 448 g/mol. The van der Waals surface area contributed by atoms with Crippen LogP contribution in [0.2, 0.25) is 0 Å². The normalized spacial score (nSPS) is 15.9. The number of para-hydroxylation sites is 1. The van der Waals surface area contributed by atoms with Gasteiger partial charge in [-0.2, -0.15) is 5.26 Å². The summed E-state index contributed by atoms with van der Waals surface area (Å²) in [6.07, 6.45) is 3.92. The van der Waals surface area contributed by atoms with Crippen molar-refractivity contribution in [1.29, 1.82) is 5.26 Å². The highest BCUT2D eigenvalue weighted by atomic mass is 16.5. The van der Waals surface area contributed by atoms with E-state index in [1.54, 1.807) is 6.08 Å². The first-order valence-corrected chi connectivity index (χ1v) is 11.2. The summed E-state index contributed by atoms with van der Waals surface area (Å²) in [5, 5.41) is 12.5. The van der Waals surface area contributed by atoms with Crippen LogP contribution in [0.3, 0.4) is 0 Å². The van der Waals surface area contributed by atoms with Crippen molar-refractivity contribution in [3.8, 4) is 6.07 Å². The lowest BCUT2D eigenvalue weighted by atomic mass is 10.1. The van der Waals surface area contributed by atoms with Crippen molar-refractivity contribution in [3.63, 3.8) is 0 Å². The topological polar surface area (TPSA) is 87.4 Å². The summed E-state index contributed by atoms with van der Waals surface area (Å²) in [6, 6.07) is 9.75. The molecule has 1 N–H and O–H groups in total. The van der Waals surface area contributed by atoms with Gasteiger partial charge < -0.3 is 19.5 Å². The van der Waals surface area contributed by atoms with Gasteiger partial charge in [-0.3, -0.25) is 9.59 Å². The lowest BCUT2D eigenvalue weighted by Crippen LogP contribution is -2.35. The molecule has 2 amide bonds. The van der Waals surface area contributed by atoms with Crippen LogP contribution >= 0.6 is 0 Å². The maximum Gasteiger partial charge on any atom is 0.264 e. The highest BCUT2D eigenvalue weighted by Gasteiger charge is 2.21. The third-order valence-electron chi connectivity index (χ3n) is 6.15. The molecule has 33 heavy (non-hydrogen) atoms. The summed E-state index contributed by atoms with van der Waals surface area (Å²) >= 11 is 0. The fraction of sp³-hybridized carbons (Fsp3) is 0.423. The quantitative estimate of drug-likeness (QED) is 0.514. The van der Waals surface area contributed by atoms with E-state index in [2.05, 4.69) is 9.88 Å². The summed E-state index contributed by atoms with van der Waals surface area (Å²) in [7, 11) is 1.53. The molecule has 0 saturated carbocycles. The predicted octanol–water partition coefficient (Wildman–Crippen LogP) is 3.90.